The van der Waals surface area contributed by atoms with Gasteiger partial charge in [0.05, 0.1) is 38.2 Å². The molecule has 0 spiro atoms. The van der Waals surface area contributed by atoms with Crippen LogP contribution in [-0.4, -0.2) is 19.2 Å². The molecule has 4 nitrogen and oxygen atoms in total. The first-order valence-corrected chi connectivity index (χ1v) is 5.93. The Morgan fingerprint density at radius 1 is 1.39 bits per heavy atom. The Labute approximate surface area is 107 Å². The van der Waals surface area contributed by atoms with Crippen LogP contribution >= 0.6 is 0 Å². The molecule has 0 aliphatic heterocycles. The fourth-order valence-corrected chi connectivity index (χ4v) is 1.46. The molecule has 0 saturated carbocycles. The first-order chi connectivity index (χ1) is 8.76. The fourth-order valence-electron chi connectivity index (χ4n) is 1.46. The average Bonchev–Trinajstić information content (AvgIpc) is 2.39. The zero-order chi connectivity index (χ0) is 13.2. The Hall–Kier alpha value is -1.86. The van der Waals surface area contributed by atoms with Crippen molar-refractivity contribution in [3.63, 3.8) is 0 Å². The molecule has 0 heterocycles. The minimum absolute atomic E-state index is 0.0825. The molecule has 1 rings (SSSR count). The summed E-state index contributed by atoms with van der Waals surface area (Å²) in [5.41, 5.74) is 1.05. The Bertz CT molecular complexity index is 397. The highest BCUT2D eigenvalue weighted by atomic mass is 16.5. The van der Waals surface area contributed by atoms with E-state index in [-0.39, 0.29) is 19.0 Å². The zero-order valence-corrected chi connectivity index (χ0v) is 10.5. The van der Waals surface area contributed by atoms with Crippen LogP contribution in [0, 0.1) is 17.2 Å². The summed E-state index contributed by atoms with van der Waals surface area (Å²) >= 11 is 0. The first-order valence-electron chi connectivity index (χ1n) is 5.93. The van der Waals surface area contributed by atoms with E-state index < -0.39 is 5.92 Å². The van der Waals surface area contributed by atoms with Gasteiger partial charge in [-0.1, -0.05) is 30.3 Å². The maximum Gasteiger partial charge on any atom is 0.307 e. The molecule has 1 atom stereocenters. The number of hydrogen-bond donors (Lipinski definition) is 0. The largest absolute Gasteiger partial charge is 0.466 e. The molecular weight excluding hydrogens is 230 g/mol. The van der Waals surface area contributed by atoms with Gasteiger partial charge in [0.2, 0.25) is 0 Å². The second-order valence-electron chi connectivity index (χ2n) is 3.84. The van der Waals surface area contributed by atoms with Gasteiger partial charge in [-0.05, 0) is 12.5 Å². The van der Waals surface area contributed by atoms with Crippen molar-refractivity contribution >= 4 is 5.97 Å². The van der Waals surface area contributed by atoms with Gasteiger partial charge in [0.15, 0.2) is 0 Å². The summed E-state index contributed by atoms with van der Waals surface area (Å²) in [7, 11) is 0. The molecule has 0 saturated heterocycles. The van der Waals surface area contributed by atoms with Gasteiger partial charge in [0, 0.05) is 0 Å². The number of carbonyl (C=O) groups is 1. The monoisotopic (exact) mass is 247 g/mol. The van der Waals surface area contributed by atoms with E-state index in [0.29, 0.717) is 13.2 Å². The lowest BCUT2D eigenvalue weighted by Crippen LogP contribution is -2.15. The molecule has 1 unspecified atom stereocenters. The number of hydrogen-bond acceptors (Lipinski definition) is 4. The summed E-state index contributed by atoms with van der Waals surface area (Å²) in [6.45, 7) is 2.76. The quantitative estimate of drug-likeness (QED) is 0.694. The van der Waals surface area contributed by atoms with Crippen LogP contribution in [0.3, 0.4) is 0 Å². The molecule has 4 heteroatoms. The Morgan fingerprint density at radius 3 is 2.72 bits per heavy atom. The lowest BCUT2D eigenvalue weighted by Gasteiger charge is -2.09. The van der Waals surface area contributed by atoms with E-state index in [1.807, 2.05) is 30.3 Å². The van der Waals surface area contributed by atoms with Crippen molar-refractivity contribution in [3.8, 4) is 6.07 Å². The van der Waals surface area contributed by atoms with Crippen LogP contribution in [0.5, 0.6) is 0 Å². The highest BCUT2D eigenvalue weighted by Crippen LogP contribution is 2.07. The van der Waals surface area contributed by atoms with Gasteiger partial charge in [0.1, 0.15) is 0 Å². The van der Waals surface area contributed by atoms with Crippen molar-refractivity contribution in [1.82, 2.24) is 0 Å². The van der Waals surface area contributed by atoms with Crippen molar-refractivity contribution in [1.29, 1.82) is 5.26 Å². The number of ether oxygens (including phenoxy) is 2. The van der Waals surface area contributed by atoms with E-state index in [2.05, 4.69) is 6.07 Å². The molecule has 18 heavy (non-hydrogen) atoms. The minimum Gasteiger partial charge on any atom is -0.466 e. The molecular formula is C14H17NO3. The van der Waals surface area contributed by atoms with Gasteiger partial charge in [-0.15, -0.1) is 0 Å². The van der Waals surface area contributed by atoms with Gasteiger partial charge in [-0.2, -0.15) is 5.26 Å². The van der Waals surface area contributed by atoms with Crippen LogP contribution in [0.1, 0.15) is 18.9 Å². The number of benzene rings is 1. The summed E-state index contributed by atoms with van der Waals surface area (Å²) in [6, 6.07) is 11.7. The van der Waals surface area contributed by atoms with E-state index >= 15 is 0 Å². The predicted octanol–water partition coefficient (Wildman–Crippen LogP) is 2.30. The molecule has 0 aromatic heterocycles. The smallest absolute Gasteiger partial charge is 0.307 e. The molecule has 96 valence electrons. The summed E-state index contributed by atoms with van der Waals surface area (Å²) < 4.78 is 10.2. The maximum atomic E-state index is 11.2. The van der Waals surface area contributed by atoms with E-state index in [1.54, 1.807) is 6.92 Å². The highest BCUT2D eigenvalue weighted by molar-refractivity contribution is 5.70. The molecule has 0 bridgehead atoms. The van der Waals surface area contributed by atoms with E-state index in [4.69, 9.17) is 14.7 Å². The minimum atomic E-state index is -0.451. The Balaban J connectivity index is 2.28. The van der Waals surface area contributed by atoms with Crippen LogP contribution < -0.4 is 0 Å². The number of nitriles is 1. The topological polar surface area (TPSA) is 59.3 Å². The van der Waals surface area contributed by atoms with Gasteiger partial charge in [0.25, 0.3) is 0 Å². The molecule has 0 aliphatic carbocycles. The third kappa shape index (κ3) is 5.46. The summed E-state index contributed by atoms with van der Waals surface area (Å²) in [5, 5.41) is 8.90. The lowest BCUT2D eigenvalue weighted by atomic mass is 10.1. The van der Waals surface area contributed by atoms with Crippen LogP contribution in [0.2, 0.25) is 0 Å². The lowest BCUT2D eigenvalue weighted by molar-refractivity contribution is -0.144. The second kappa shape index (κ2) is 8.26. The summed E-state index contributed by atoms with van der Waals surface area (Å²) in [5.74, 6) is -0.805. The van der Waals surface area contributed by atoms with E-state index in [1.165, 1.54) is 0 Å². The van der Waals surface area contributed by atoms with Gasteiger partial charge >= 0.3 is 5.97 Å². The van der Waals surface area contributed by atoms with Crippen LogP contribution in [0.4, 0.5) is 0 Å². The van der Waals surface area contributed by atoms with Crippen molar-refractivity contribution in [3.05, 3.63) is 35.9 Å². The third-order valence-electron chi connectivity index (χ3n) is 2.33. The van der Waals surface area contributed by atoms with Gasteiger partial charge in [-0.25, -0.2) is 0 Å². The molecule has 0 radical (unpaired) electrons. The van der Waals surface area contributed by atoms with Crippen molar-refractivity contribution < 1.29 is 14.3 Å². The summed E-state index contributed by atoms with van der Waals surface area (Å²) in [6.07, 6.45) is 0.0825. The molecule has 1 aromatic rings. The molecule has 0 amide bonds. The standard InChI is InChI=1S/C14H17NO3/c1-2-18-14(16)8-13(9-15)11-17-10-12-6-4-3-5-7-12/h3-7,13H,2,8,10-11H2,1H3. The zero-order valence-electron chi connectivity index (χ0n) is 10.5. The fraction of sp³-hybridized carbons (Fsp3) is 0.429. The summed E-state index contributed by atoms with van der Waals surface area (Å²) in [4.78, 5) is 11.2. The molecule has 0 N–H and O–H groups in total. The van der Waals surface area contributed by atoms with Crippen LogP contribution in [-0.2, 0) is 20.9 Å². The van der Waals surface area contributed by atoms with Gasteiger partial charge < -0.3 is 9.47 Å². The maximum absolute atomic E-state index is 11.2. The highest BCUT2D eigenvalue weighted by Gasteiger charge is 2.14. The van der Waals surface area contributed by atoms with E-state index in [0.717, 1.165) is 5.56 Å². The Kier molecular flexibility index (Phi) is 6.52. The van der Waals surface area contributed by atoms with Crippen molar-refractivity contribution in [2.45, 2.75) is 20.0 Å². The van der Waals surface area contributed by atoms with Crippen molar-refractivity contribution in [2.75, 3.05) is 13.2 Å². The van der Waals surface area contributed by atoms with Crippen molar-refractivity contribution in [2.24, 2.45) is 5.92 Å². The van der Waals surface area contributed by atoms with E-state index in [9.17, 15) is 4.79 Å². The Morgan fingerprint density at radius 2 is 2.11 bits per heavy atom. The number of carbonyl (C=O) groups excluding carboxylic acids is 1. The average molecular weight is 247 g/mol. The normalized spacial score (nSPS) is 11.6. The van der Waals surface area contributed by atoms with Crippen LogP contribution in [0.25, 0.3) is 0 Å². The second-order valence-corrected chi connectivity index (χ2v) is 3.84. The molecule has 0 aliphatic rings. The SMILES string of the molecule is CCOC(=O)CC(C#N)COCc1ccccc1. The number of nitrogens with zero attached hydrogens (tertiary/aromatic N) is 1. The number of rotatable bonds is 7. The molecule has 1 aromatic carbocycles. The predicted molar refractivity (Wildman–Crippen MR) is 66.5 cm³/mol. The van der Waals surface area contributed by atoms with Crippen LogP contribution in [0.15, 0.2) is 30.3 Å². The number of esters is 1. The first kappa shape index (κ1) is 14.2. The molecule has 0 fully saturated rings. The third-order valence-corrected chi connectivity index (χ3v) is 2.33. The van der Waals surface area contributed by atoms with Gasteiger partial charge in [-0.3, -0.25) is 4.79 Å².